The second-order valence-corrected chi connectivity index (χ2v) is 3.50. The van der Waals surface area contributed by atoms with E-state index in [4.69, 9.17) is 4.74 Å². The van der Waals surface area contributed by atoms with Crippen molar-refractivity contribution < 1.29 is 18.4 Å². The zero-order chi connectivity index (χ0) is 11.4. The molecule has 0 saturated heterocycles. The summed E-state index contributed by atoms with van der Waals surface area (Å²) < 4.78 is 31.2. The maximum absolute atomic E-state index is 13.5. The number of hydroxylamine groups is 1. The van der Waals surface area contributed by atoms with Crippen LogP contribution in [0.25, 0.3) is 0 Å². The van der Waals surface area contributed by atoms with Gasteiger partial charge in [-0.05, 0) is 22.0 Å². The summed E-state index contributed by atoms with van der Waals surface area (Å²) in [7, 11) is 2.73. The van der Waals surface area contributed by atoms with Gasteiger partial charge in [0, 0.05) is 12.1 Å². The van der Waals surface area contributed by atoms with Crippen molar-refractivity contribution in [2.24, 2.45) is 0 Å². The number of nitrogens with one attached hydrogen (secondary N) is 1. The molecule has 0 amide bonds. The van der Waals surface area contributed by atoms with Gasteiger partial charge in [0.1, 0.15) is 5.82 Å². The van der Waals surface area contributed by atoms with Gasteiger partial charge in [0.2, 0.25) is 0 Å². The summed E-state index contributed by atoms with van der Waals surface area (Å²) >= 11 is 2.79. The van der Waals surface area contributed by atoms with Gasteiger partial charge < -0.3 is 9.57 Å². The molecule has 1 aromatic rings. The van der Waals surface area contributed by atoms with Crippen molar-refractivity contribution >= 4 is 15.9 Å². The van der Waals surface area contributed by atoms with Crippen LogP contribution in [0.3, 0.4) is 0 Å². The fourth-order valence-corrected chi connectivity index (χ4v) is 1.42. The summed E-state index contributed by atoms with van der Waals surface area (Å²) in [6.45, 7) is 0.154. The minimum atomic E-state index is -0.759. The molecule has 3 nitrogen and oxygen atoms in total. The van der Waals surface area contributed by atoms with Crippen LogP contribution in [0.1, 0.15) is 5.56 Å². The summed E-state index contributed by atoms with van der Waals surface area (Å²) in [4.78, 5) is 4.59. The number of halogens is 3. The summed E-state index contributed by atoms with van der Waals surface area (Å²) in [6.07, 6.45) is 0. The summed E-state index contributed by atoms with van der Waals surface area (Å²) in [5.74, 6) is -1.44. The van der Waals surface area contributed by atoms with Crippen LogP contribution in [0.5, 0.6) is 5.75 Å². The lowest BCUT2D eigenvalue weighted by molar-refractivity contribution is 0.0859. The fourth-order valence-electron chi connectivity index (χ4n) is 1.13. The molecule has 0 aliphatic heterocycles. The SMILES string of the molecule is CONCc1cc(F)c(Br)c(F)c1OC. The van der Waals surface area contributed by atoms with E-state index in [1.54, 1.807) is 0 Å². The van der Waals surface area contributed by atoms with E-state index in [2.05, 4.69) is 26.2 Å². The molecular weight excluding hydrogens is 272 g/mol. The highest BCUT2D eigenvalue weighted by atomic mass is 79.9. The Balaban J connectivity index is 3.13. The Labute approximate surface area is 94.5 Å². The minimum absolute atomic E-state index is 0.00664. The molecule has 0 atom stereocenters. The average molecular weight is 282 g/mol. The third-order valence-electron chi connectivity index (χ3n) is 1.81. The first-order valence-corrected chi connectivity index (χ1v) is 4.87. The maximum atomic E-state index is 13.5. The molecule has 1 aromatic carbocycles. The maximum Gasteiger partial charge on any atom is 0.182 e. The van der Waals surface area contributed by atoms with Crippen LogP contribution < -0.4 is 10.2 Å². The van der Waals surface area contributed by atoms with Crippen LogP contribution in [0, 0.1) is 11.6 Å². The van der Waals surface area contributed by atoms with Gasteiger partial charge in [0.25, 0.3) is 0 Å². The third-order valence-corrected chi connectivity index (χ3v) is 2.53. The largest absolute Gasteiger partial charge is 0.493 e. The monoisotopic (exact) mass is 281 g/mol. The van der Waals surface area contributed by atoms with Gasteiger partial charge in [0.05, 0.1) is 18.7 Å². The predicted molar refractivity (Wildman–Crippen MR) is 54.5 cm³/mol. The molecule has 1 N–H and O–H groups in total. The highest BCUT2D eigenvalue weighted by molar-refractivity contribution is 9.10. The smallest absolute Gasteiger partial charge is 0.182 e. The molecular formula is C9H10BrF2NO2. The molecule has 0 radical (unpaired) electrons. The summed E-state index contributed by atoms with van der Waals surface area (Å²) in [6, 6.07) is 1.18. The van der Waals surface area contributed by atoms with Gasteiger partial charge in [-0.3, -0.25) is 0 Å². The van der Waals surface area contributed by atoms with E-state index in [1.807, 2.05) is 0 Å². The first-order chi connectivity index (χ1) is 7.11. The molecule has 0 aromatic heterocycles. The predicted octanol–water partition coefficient (Wildman–Crippen LogP) is 2.39. The lowest BCUT2D eigenvalue weighted by atomic mass is 10.2. The Kier molecular flexibility index (Phi) is 4.44. The molecule has 0 aliphatic rings. The van der Waals surface area contributed by atoms with E-state index in [9.17, 15) is 8.78 Å². The standard InChI is InChI=1S/C9H10BrF2NO2/c1-14-9-5(4-13-15-2)3-6(11)7(10)8(9)12/h3,13H,4H2,1-2H3. The van der Waals surface area contributed by atoms with Crippen molar-refractivity contribution in [1.29, 1.82) is 0 Å². The number of hydrogen-bond donors (Lipinski definition) is 1. The number of methoxy groups -OCH3 is 1. The van der Waals surface area contributed by atoms with Crippen molar-refractivity contribution in [2.75, 3.05) is 14.2 Å². The highest BCUT2D eigenvalue weighted by Crippen LogP contribution is 2.31. The Morgan fingerprint density at radius 1 is 1.40 bits per heavy atom. The highest BCUT2D eigenvalue weighted by Gasteiger charge is 2.17. The quantitative estimate of drug-likeness (QED) is 0.679. The van der Waals surface area contributed by atoms with E-state index >= 15 is 0 Å². The van der Waals surface area contributed by atoms with E-state index in [-0.39, 0.29) is 16.8 Å². The Bertz CT molecular complexity index is 360. The average Bonchev–Trinajstić information content (AvgIpc) is 2.23. The zero-order valence-electron chi connectivity index (χ0n) is 8.23. The van der Waals surface area contributed by atoms with Crippen molar-refractivity contribution in [3.63, 3.8) is 0 Å². The van der Waals surface area contributed by atoms with Gasteiger partial charge in [-0.2, -0.15) is 5.48 Å². The van der Waals surface area contributed by atoms with E-state index < -0.39 is 11.6 Å². The molecule has 15 heavy (non-hydrogen) atoms. The first-order valence-electron chi connectivity index (χ1n) is 4.08. The van der Waals surface area contributed by atoms with Crippen molar-refractivity contribution in [3.8, 4) is 5.75 Å². The number of ether oxygens (including phenoxy) is 1. The molecule has 0 aliphatic carbocycles. The Hall–Kier alpha value is -0.720. The normalized spacial score (nSPS) is 10.5. The molecule has 0 heterocycles. The first kappa shape index (κ1) is 12.4. The minimum Gasteiger partial charge on any atom is -0.493 e. The molecule has 0 bridgehead atoms. The van der Waals surface area contributed by atoms with Gasteiger partial charge in [-0.25, -0.2) is 8.78 Å². The molecule has 0 spiro atoms. The molecule has 6 heteroatoms. The van der Waals surface area contributed by atoms with Gasteiger partial charge >= 0.3 is 0 Å². The van der Waals surface area contributed by atoms with Crippen molar-refractivity contribution in [2.45, 2.75) is 6.54 Å². The molecule has 84 valence electrons. The number of rotatable bonds is 4. The van der Waals surface area contributed by atoms with Crippen LogP contribution in [0.4, 0.5) is 8.78 Å². The van der Waals surface area contributed by atoms with Crippen LogP contribution in [-0.2, 0) is 11.4 Å². The third kappa shape index (κ3) is 2.64. The van der Waals surface area contributed by atoms with Crippen LogP contribution in [0.15, 0.2) is 10.5 Å². The fraction of sp³-hybridized carbons (Fsp3) is 0.333. The number of hydrogen-bond acceptors (Lipinski definition) is 3. The Morgan fingerprint density at radius 3 is 2.60 bits per heavy atom. The summed E-state index contributed by atoms with van der Waals surface area (Å²) in [5.41, 5.74) is 2.83. The second-order valence-electron chi connectivity index (χ2n) is 2.70. The molecule has 1 rings (SSSR count). The van der Waals surface area contributed by atoms with E-state index in [0.29, 0.717) is 5.56 Å². The van der Waals surface area contributed by atoms with E-state index in [1.165, 1.54) is 20.3 Å². The van der Waals surface area contributed by atoms with Gasteiger partial charge in [-0.15, -0.1) is 0 Å². The van der Waals surface area contributed by atoms with Crippen LogP contribution >= 0.6 is 15.9 Å². The summed E-state index contributed by atoms with van der Waals surface area (Å²) in [5, 5.41) is 0. The molecule has 0 fully saturated rings. The Morgan fingerprint density at radius 2 is 2.07 bits per heavy atom. The lowest BCUT2D eigenvalue weighted by Crippen LogP contribution is -2.12. The van der Waals surface area contributed by atoms with Gasteiger partial charge in [-0.1, -0.05) is 0 Å². The molecule has 0 saturated carbocycles. The van der Waals surface area contributed by atoms with E-state index in [0.717, 1.165) is 0 Å². The van der Waals surface area contributed by atoms with Crippen molar-refractivity contribution in [3.05, 3.63) is 27.7 Å². The lowest BCUT2D eigenvalue weighted by Gasteiger charge is -2.11. The zero-order valence-corrected chi connectivity index (χ0v) is 9.82. The topological polar surface area (TPSA) is 30.5 Å². The number of benzene rings is 1. The van der Waals surface area contributed by atoms with Crippen molar-refractivity contribution in [1.82, 2.24) is 5.48 Å². The van der Waals surface area contributed by atoms with Crippen LogP contribution in [-0.4, -0.2) is 14.2 Å². The second kappa shape index (κ2) is 5.39. The van der Waals surface area contributed by atoms with Gasteiger partial charge in [0.15, 0.2) is 11.6 Å². The van der Waals surface area contributed by atoms with Crippen LogP contribution in [0.2, 0.25) is 0 Å². The molecule has 0 unspecified atom stereocenters.